The number of quaternary nitrogens is 2. The van der Waals surface area contributed by atoms with E-state index >= 15 is 0 Å². The summed E-state index contributed by atoms with van der Waals surface area (Å²) in [5, 5.41) is 0. The summed E-state index contributed by atoms with van der Waals surface area (Å²) in [6, 6.07) is 1.52. The van der Waals surface area contributed by atoms with E-state index in [1.807, 2.05) is 0 Å². The molecule has 0 aromatic rings. The van der Waals surface area contributed by atoms with Crippen molar-refractivity contribution in [2.24, 2.45) is 11.8 Å². The van der Waals surface area contributed by atoms with E-state index in [1.54, 1.807) is 0 Å². The summed E-state index contributed by atoms with van der Waals surface area (Å²) in [4.78, 5) is 0. The van der Waals surface area contributed by atoms with Gasteiger partial charge in [-0.05, 0) is 12.8 Å². The van der Waals surface area contributed by atoms with Crippen LogP contribution in [0.3, 0.4) is 0 Å². The van der Waals surface area contributed by atoms with Gasteiger partial charge < -0.3 is 11.5 Å². The lowest BCUT2D eigenvalue weighted by atomic mass is 9.66. The zero-order chi connectivity index (χ0) is 7.14. The highest BCUT2D eigenvalue weighted by Crippen LogP contribution is 2.38. The predicted octanol–water partition coefficient (Wildman–Crippen LogP) is -0.973. The van der Waals surface area contributed by atoms with Gasteiger partial charge in [-0.25, -0.2) is 0 Å². The van der Waals surface area contributed by atoms with Gasteiger partial charge in [0.05, 0.1) is 12.1 Å². The van der Waals surface area contributed by atoms with Crippen molar-refractivity contribution in [3.05, 3.63) is 0 Å². The highest BCUT2D eigenvalue weighted by molar-refractivity contribution is 4.89. The van der Waals surface area contributed by atoms with Crippen molar-refractivity contribution in [3.63, 3.8) is 0 Å². The molecule has 3 aliphatic rings. The van der Waals surface area contributed by atoms with Crippen LogP contribution in [0.15, 0.2) is 0 Å². The van der Waals surface area contributed by atoms with Gasteiger partial charge in [0.15, 0.2) is 0 Å². The molecule has 3 fully saturated rings. The van der Waals surface area contributed by atoms with Crippen molar-refractivity contribution < 1.29 is 11.5 Å². The summed E-state index contributed by atoms with van der Waals surface area (Å²) in [5.41, 5.74) is 8.37. The molecule has 10 heavy (non-hydrogen) atoms. The summed E-state index contributed by atoms with van der Waals surface area (Å²) >= 11 is 0. The predicted molar refractivity (Wildman–Crippen MR) is 38.8 cm³/mol. The van der Waals surface area contributed by atoms with E-state index < -0.39 is 0 Å². The molecule has 0 unspecified atom stereocenters. The van der Waals surface area contributed by atoms with Crippen LogP contribution in [0.25, 0.3) is 0 Å². The van der Waals surface area contributed by atoms with Crippen LogP contribution in [0.1, 0.15) is 25.7 Å². The zero-order valence-corrected chi connectivity index (χ0v) is 6.55. The van der Waals surface area contributed by atoms with Gasteiger partial charge >= 0.3 is 0 Å². The van der Waals surface area contributed by atoms with Crippen LogP contribution < -0.4 is 11.5 Å². The van der Waals surface area contributed by atoms with Gasteiger partial charge in [0.1, 0.15) is 0 Å². The first-order chi connectivity index (χ1) is 4.77. The molecular formula is C8H18N2+2. The van der Waals surface area contributed by atoms with E-state index in [0.717, 1.165) is 23.9 Å². The third-order valence-corrected chi connectivity index (χ3v) is 3.45. The van der Waals surface area contributed by atoms with E-state index in [-0.39, 0.29) is 0 Å². The molecule has 0 aliphatic heterocycles. The summed E-state index contributed by atoms with van der Waals surface area (Å²) < 4.78 is 0. The van der Waals surface area contributed by atoms with E-state index in [2.05, 4.69) is 11.5 Å². The molecule has 4 atom stereocenters. The average molecular weight is 142 g/mol. The van der Waals surface area contributed by atoms with Crippen molar-refractivity contribution >= 4 is 0 Å². The molecule has 3 saturated carbocycles. The minimum absolute atomic E-state index is 0.761. The topological polar surface area (TPSA) is 55.3 Å². The second-order valence-corrected chi connectivity index (χ2v) is 4.09. The number of hydrogen-bond acceptors (Lipinski definition) is 0. The van der Waals surface area contributed by atoms with Gasteiger partial charge in [-0.1, -0.05) is 0 Å². The molecule has 3 rings (SSSR count). The Morgan fingerprint density at radius 2 is 1.20 bits per heavy atom. The molecular weight excluding hydrogens is 124 g/mol. The molecule has 58 valence electrons. The Morgan fingerprint density at radius 3 is 1.40 bits per heavy atom. The number of hydrogen-bond donors (Lipinski definition) is 2. The first-order valence-corrected chi connectivity index (χ1v) is 4.43. The summed E-state index contributed by atoms with van der Waals surface area (Å²) in [5.74, 6) is 1.85. The molecule has 6 N–H and O–H groups in total. The Kier molecular flexibility index (Phi) is 1.46. The van der Waals surface area contributed by atoms with Crippen molar-refractivity contribution in [2.75, 3.05) is 0 Å². The summed E-state index contributed by atoms with van der Waals surface area (Å²) in [6.07, 6.45) is 5.59. The number of fused-ring (bicyclic) bond motifs is 3. The maximum Gasteiger partial charge on any atom is 0.0879 e. The fraction of sp³-hybridized carbons (Fsp3) is 1.00. The zero-order valence-electron chi connectivity index (χ0n) is 6.55. The Bertz CT molecular complexity index is 119. The van der Waals surface area contributed by atoms with Crippen LogP contribution in [-0.2, 0) is 0 Å². The van der Waals surface area contributed by atoms with Gasteiger partial charge in [-0.15, -0.1) is 0 Å². The quantitative estimate of drug-likeness (QED) is 0.437. The minimum atomic E-state index is 0.761. The van der Waals surface area contributed by atoms with Crippen LogP contribution in [0.5, 0.6) is 0 Å². The van der Waals surface area contributed by atoms with E-state index in [0.29, 0.717) is 0 Å². The third kappa shape index (κ3) is 0.867. The van der Waals surface area contributed by atoms with Gasteiger partial charge in [-0.3, -0.25) is 0 Å². The minimum Gasteiger partial charge on any atom is -0.355 e. The molecule has 0 spiro atoms. The van der Waals surface area contributed by atoms with Crippen molar-refractivity contribution in [2.45, 2.75) is 37.8 Å². The average Bonchev–Trinajstić information content (AvgIpc) is 1.91. The molecule has 0 saturated heterocycles. The van der Waals surface area contributed by atoms with Crippen LogP contribution >= 0.6 is 0 Å². The van der Waals surface area contributed by atoms with Crippen molar-refractivity contribution in [1.82, 2.24) is 0 Å². The molecule has 2 bridgehead atoms. The second-order valence-electron chi connectivity index (χ2n) is 4.09. The lowest BCUT2D eigenvalue weighted by molar-refractivity contribution is -0.491. The largest absolute Gasteiger partial charge is 0.355 e. The SMILES string of the molecule is [NH3+][C@H]1C[C@@H]2CC[C@H]1C[C@@H]2[NH3+]. The Labute approximate surface area is 62.0 Å². The first kappa shape index (κ1) is 6.62. The van der Waals surface area contributed by atoms with E-state index in [1.165, 1.54) is 25.7 Å². The van der Waals surface area contributed by atoms with E-state index in [9.17, 15) is 0 Å². The van der Waals surface area contributed by atoms with Crippen molar-refractivity contribution in [3.8, 4) is 0 Å². The van der Waals surface area contributed by atoms with Gasteiger partial charge in [0.25, 0.3) is 0 Å². The third-order valence-electron chi connectivity index (χ3n) is 3.45. The molecule has 2 nitrogen and oxygen atoms in total. The normalized spacial score (nSPS) is 53.4. The van der Waals surface area contributed by atoms with Crippen LogP contribution in [0.2, 0.25) is 0 Å². The monoisotopic (exact) mass is 142 g/mol. The summed E-state index contributed by atoms with van der Waals surface area (Å²) in [7, 11) is 0. The Morgan fingerprint density at radius 1 is 0.800 bits per heavy atom. The molecule has 0 aromatic carbocycles. The van der Waals surface area contributed by atoms with Gasteiger partial charge in [0, 0.05) is 24.7 Å². The fourth-order valence-electron chi connectivity index (χ4n) is 2.68. The maximum absolute atomic E-state index is 4.19. The van der Waals surface area contributed by atoms with Crippen LogP contribution in [0.4, 0.5) is 0 Å². The lowest BCUT2D eigenvalue weighted by Gasteiger charge is -2.40. The maximum atomic E-state index is 4.19. The summed E-state index contributed by atoms with van der Waals surface area (Å²) in [6.45, 7) is 0. The molecule has 2 heteroatoms. The molecule has 0 heterocycles. The van der Waals surface area contributed by atoms with Crippen molar-refractivity contribution in [1.29, 1.82) is 0 Å². The number of rotatable bonds is 0. The van der Waals surface area contributed by atoms with E-state index in [4.69, 9.17) is 0 Å². The second kappa shape index (κ2) is 2.21. The standard InChI is InChI=1S/C8H16N2/c9-7-4-6-2-1-5(7)3-8(6)10/h5-8H,1-4,9-10H2/p+2/t5-,6-,7-,8-/m0/s1. The molecule has 0 radical (unpaired) electrons. The Balaban J connectivity index is 2.09. The fourth-order valence-corrected chi connectivity index (χ4v) is 2.68. The first-order valence-electron chi connectivity index (χ1n) is 4.43. The molecule has 0 amide bonds. The van der Waals surface area contributed by atoms with Crippen LogP contribution in [-0.4, -0.2) is 12.1 Å². The van der Waals surface area contributed by atoms with Gasteiger partial charge in [-0.2, -0.15) is 0 Å². The van der Waals surface area contributed by atoms with Crippen LogP contribution in [0, 0.1) is 11.8 Å². The molecule has 0 aromatic heterocycles. The van der Waals surface area contributed by atoms with Gasteiger partial charge in [0.2, 0.25) is 0 Å². The Hall–Kier alpha value is -0.0800. The highest BCUT2D eigenvalue weighted by atomic mass is 14.8. The smallest absolute Gasteiger partial charge is 0.0879 e. The lowest BCUT2D eigenvalue weighted by Crippen LogP contribution is -2.75. The molecule has 3 aliphatic carbocycles. The highest BCUT2D eigenvalue weighted by Gasteiger charge is 2.42.